The second-order valence-corrected chi connectivity index (χ2v) is 7.26. The average Bonchev–Trinajstić information content (AvgIpc) is 2.78. The Bertz CT molecular complexity index is 907. The molecule has 2 amide bonds. The fraction of sp³-hybridized carbons (Fsp3) is 0.348. The second kappa shape index (κ2) is 10.6. The van der Waals surface area contributed by atoms with Gasteiger partial charge < -0.3 is 19.7 Å². The summed E-state index contributed by atoms with van der Waals surface area (Å²) in [7, 11) is 0. The van der Waals surface area contributed by atoms with Crippen LogP contribution in [0.2, 0.25) is 0 Å². The van der Waals surface area contributed by atoms with Gasteiger partial charge in [0.15, 0.2) is 0 Å². The van der Waals surface area contributed by atoms with Gasteiger partial charge in [0.1, 0.15) is 11.6 Å². The molecule has 0 spiro atoms. The van der Waals surface area contributed by atoms with E-state index in [2.05, 4.69) is 5.32 Å². The topological polar surface area (TPSA) is 84.9 Å². The second-order valence-electron chi connectivity index (χ2n) is 7.26. The number of likely N-dealkylation sites (tertiary alicyclic amines) is 1. The Balaban J connectivity index is 1.44. The van der Waals surface area contributed by atoms with Crippen molar-refractivity contribution in [1.82, 2.24) is 10.2 Å². The Morgan fingerprint density at radius 2 is 1.61 bits per heavy atom. The molecule has 0 saturated carbocycles. The molecule has 2 aromatic rings. The Kier molecular flexibility index (Phi) is 7.59. The van der Waals surface area contributed by atoms with Gasteiger partial charge in [-0.15, -0.1) is 0 Å². The highest BCUT2D eigenvalue weighted by atomic mass is 19.1. The van der Waals surface area contributed by atoms with Crippen molar-refractivity contribution in [2.75, 3.05) is 26.2 Å². The lowest BCUT2D eigenvalue weighted by atomic mass is 9.96. The smallest absolute Gasteiger partial charge is 0.434 e. The number of rotatable bonds is 6. The number of hydrogen-bond acceptors (Lipinski definition) is 5. The van der Waals surface area contributed by atoms with Crippen LogP contribution in [0.15, 0.2) is 48.5 Å². The van der Waals surface area contributed by atoms with E-state index in [-0.39, 0.29) is 30.2 Å². The Labute approximate surface area is 180 Å². The SMILES string of the molecule is CCOC(=O)Oc1ccc(C(=O)N2CCC(CNC(=O)c3ccc(F)cc3)CC2)cc1. The number of hydrogen-bond donors (Lipinski definition) is 1. The molecular formula is C23H25FN2O5. The van der Waals surface area contributed by atoms with Gasteiger partial charge >= 0.3 is 6.16 Å². The lowest BCUT2D eigenvalue weighted by molar-refractivity contribution is 0.0684. The van der Waals surface area contributed by atoms with Crippen molar-refractivity contribution >= 4 is 18.0 Å². The van der Waals surface area contributed by atoms with E-state index in [4.69, 9.17) is 9.47 Å². The molecule has 2 aromatic carbocycles. The standard InChI is InChI=1S/C23H25FN2O5/c1-2-30-23(29)31-20-9-5-18(6-10-20)22(28)26-13-11-16(12-14-26)15-25-21(27)17-3-7-19(24)8-4-17/h3-10,16H,2,11-15H2,1H3,(H,25,27). The van der Waals surface area contributed by atoms with Crippen LogP contribution in [0, 0.1) is 11.7 Å². The first-order valence-corrected chi connectivity index (χ1v) is 10.2. The van der Waals surface area contributed by atoms with E-state index >= 15 is 0 Å². The van der Waals surface area contributed by atoms with Gasteiger partial charge in [-0.2, -0.15) is 0 Å². The van der Waals surface area contributed by atoms with Crippen LogP contribution in [0.4, 0.5) is 9.18 Å². The van der Waals surface area contributed by atoms with Crippen molar-refractivity contribution in [1.29, 1.82) is 0 Å². The van der Waals surface area contributed by atoms with Gasteiger partial charge in [0, 0.05) is 30.8 Å². The highest BCUT2D eigenvalue weighted by Gasteiger charge is 2.24. The van der Waals surface area contributed by atoms with Gasteiger partial charge in [0.05, 0.1) is 6.61 Å². The lowest BCUT2D eigenvalue weighted by Crippen LogP contribution is -2.41. The summed E-state index contributed by atoms with van der Waals surface area (Å²) < 4.78 is 22.7. The minimum absolute atomic E-state index is 0.0866. The van der Waals surface area contributed by atoms with Gasteiger partial charge in [0.25, 0.3) is 11.8 Å². The van der Waals surface area contributed by atoms with Crippen molar-refractivity contribution < 1.29 is 28.2 Å². The summed E-state index contributed by atoms with van der Waals surface area (Å²) >= 11 is 0. The summed E-state index contributed by atoms with van der Waals surface area (Å²) in [4.78, 5) is 38.0. The maximum atomic E-state index is 13.0. The molecule has 8 heteroatoms. The number of carbonyl (C=O) groups excluding carboxylic acids is 3. The van der Waals surface area contributed by atoms with Crippen molar-refractivity contribution in [2.24, 2.45) is 5.92 Å². The van der Waals surface area contributed by atoms with E-state index in [0.717, 1.165) is 12.8 Å². The Hall–Kier alpha value is -3.42. The van der Waals surface area contributed by atoms with E-state index < -0.39 is 6.16 Å². The molecule has 1 saturated heterocycles. The van der Waals surface area contributed by atoms with Crippen LogP contribution in [0.25, 0.3) is 0 Å². The third-order valence-electron chi connectivity index (χ3n) is 5.12. The van der Waals surface area contributed by atoms with Crippen LogP contribution in [0.3, 0.4) is 0 Å². The molecule has 1 heterocycles. The molecule has 164 valence electrons. The third kappa shape index (κ3) is 6.28. The van der Waals surface area contributed by atoms with Crippen LogP contribution >= 0.6 is 0 Å². The summed E-state index contributed by atoms with van der Waals surface area (Å²) in [5.41, 5.74) is 0.934. The van der Waals surface area contributed by atoms with Crippen molar-refractivity contribution in [2.45, 2.75) is 19.8 Å². The fourth-order valence-corrected chi connectivity index (χ4v) is 3.37. The highest BCUT2D eigenvalue weighted by Crippen LogP contribution is 2.20. The number of amides is 2. The van der Waals surface area contributed by atoms with Gasteiger partial charge in [-0.05, 0) is 74.2 Å². The number of nitrogens with zero attached hydrogens (tertiary/aromatic N) is 1. The van der Waals surface area contributed by atoms with E-state index in [1.54, 1.807) is 36.1 Å². The molecule has 1 N–H and O–H groups in total. The molecule has 1 aliphatic rings. The monoisotopic (exact) mass is 428 g/mol. The zero-order chi connectivity index (χ0) is 22.2. The van der Waals surface area contributed by atoms with Gasteiger partial charge in [-0.1, -0.05) is 0 Å². The summed E-state index contributed by atoms with van der Waals surface area (Å²) in [6.45, 7) is 3.61. The molecule has 3 rings (SSSR count). The van der Waals surface area contributed by atoms with E-state index in [0.29, 0.717) is 36.5 Å². The molecule has 1 fully saturated rings. The third-order valence-corrected chi connectivity index (χ3v) is 5.12. The van der Waals surface area contributed by atoms with Crippen molar-refractivity contribution in [3.8, 4) is 5.75 Å². The van der Waals surface area contributed by atoms with Crippen molar-refractivity contribution in [3.63, 3.8) is 0 Å². The van der Waals surface area contributed by atoms with E-state index in [1.165, 1.54) is 24.3 Å². The van der Waals surface area contributed by atoms with Crippen LogP contribution in [-0.2, 0) is 4.74 Å². The van der Waals surface area contributed by atoms with Gasteiger partial charge in [-0.3, -0.25) is 9.59 Å². The zero-order valence-corrected chi connectivity index (χ0v) is 17.3. The quantitative estimate of drug-likeness (QED) is 0.561. The molecule has 0 radical (unpaired) electrons. The summed E-state index contributed by atoms with van der Waals surface area (Å²) in [6.07, 6.45) is 0.772. The maximum Gasteiger partial charge on any atom is 0.513 e. The minimum Gasteiger partial charge on any atom is -0.434 e. The Morgan fingerprint density at radius 1 is 1.00 bits per heavy atom. The number of ether oxygens (including phenoxy) is 2. The largest absolute Gasteiger partial charge is 0.513 e. The number of nitrogens with one attached hydrogen (secondary N) is 1. The zero-order valence-electron chi connectivity index (χ0n) is 17.3. The Morgan fingerprint density at radius 3 is 2.23 bits per heavy atom. The van der Waals surface area contributed by atoms with E-state index in [1.807, 2.05) is 0 Å². The normalized spacial score (nSPS) is 14.1. The molecule has 0 bridgehead atoms. The first-order valence-electron chi connectivity index (χ1n) is 10.2. The molecule has 7 nitrogen and oxygen atoms in total. The number of halogens is 1. The molecule has 0 aliphatic carbocycles. The first-order chi connectivity index (χ1) is 15.0. The van der Waals surface area contributed by atoms with Crippen LogP contribution in [0.1, 0.15) is 40.5 Å². The number of benzene rings is 2. The molecule has 0 unspecified atom stereocenters. The average molecular weight is 428 g/mol. The first kappa shape index (κ1) is 22.3. The molecule has 31 heavy (non-hydrogen) atoms. The fourth-order valence-electron chi connectivity index (χ4n) is 3.37. The molecular weight excluding hydrogens is 403 g/mol. The molecule has 0 aromatic heterocycles. The van der Waals surface area contributed by atoms with Crippen molar-refractivity contribution in [3.05, 3.63) is 65.5 Å². The lowest BCUT2D eigenvalue weighted by Gasteiger charge is -2.32. The summed E-state index contributed by atoms with van der Waals surface area (Å²) in [5, 5.41) is 2.88. The van der Waals surface area contributed by atoms with Crippen LogP contribution in [0.5, 0.6) is 5.75 Å². The molecule has 0 atom stereocenters. The summed E-state index contributed by atoms with van der Waals surface area (Å²) in [5.74, 6) is -0.116. The van der Waals surface area contributed by atoms with E-state index in [9.17, 15) is 18.8 Å². The molecule has 1 aliphatic heterocycles. The predicted molar refractivity (Wildman–Crippen MR) is 111 cm³/mol. The number of piperidine rings is 1. The van der Waals surface area contributed by atoms with Crippen LogP contribution in [-0.4, -0.2) is 49.1 Å². The predicted octanol–water partition coefficient (Wildman–Crippen LogP) is 3.64. The minimum atomic E-state index is -0.782. The highest BCUT2D eigenvalue weighted by molar-refractivity contribution is 5.95. The van der Waals surface area contributed by atoms with Gasteiger partial charge in [-0.25, -0.2) is 9.18 Å². The van der Waals surface area contributed by atoms with Gasteiger partial charge in [0.2, 0.25) is 0 Å². The summed E-state index contributed by atoms with van der Waals surface area (Å²) in [6, 6.07) is 11.8. The maximum absolute atomic E-state index is 13.0. The number of carbonyl (C=O) groups is 3. The van der Waals surface area contributed by atoms with Crippen LogP contribution < -0.4 is 10.1 Å².